The van der Waals surface area contributed by atoms with Gasteiger partial charge in [0.05, 0.1) is 5.69 Å². The van der Waals surface area contributed by atoms with Crippen LogP contribution in [0.3, 0.4) is 0 Å². The quantitative estimate of drug-likeness (QED) is 0.883. The van der Waals surface area contributed by atoms with Gasteiger partial charge < -0.3 is 16.2 Å². The summed E-state index contributed by atoms with van der Waals surface area (Å²) < 4.78 is 5.62. The lowest BCUT2D eigenvalue weighted by atomic mass is 9.99. The number of ether oxygens (including phenoxy) is 1. The second-order valence-electron chi connectivity index (χ2n) is 4.94. The highest BCUT2D eigenvalue weighted by atomic mass is 16.5. The maximum absolute atomic E-state index is 11.1. The number of rotatable bonds is 5. The molecular weight excluding hydrogens is 266 g/mol. The van der Waals surface area contributed by atoms with Crippen LogP contribution in [0.2, 0.25) is 0 Å². The van der Waals surface area contributed by atoms with Crippen molar-refractivity contribution >= 4 is 11.6 Å². The molecule has 21 heavy (non-hydrogen) atoms. The van der Waals surface area contributed by atoms with E-state index in [1.807, 2.05) is 24.3 Å². The van der Waals surface area contributed by atoms with E-state index in [1.165, 1.54) is 11.6 Å². The van der Waals surface area contributed by atoms with Crippen molar-refractivity contribution in [1.82, 2.24) is 4.98 Å². The molecule has 0 aliphatic heterocycles. The second kappa shape index (κ2) is 6.26. The van der Waals surface area contributed by atoms with Gasteiger partial charge in [-0.25, -0.2) is 4.98 Å². The van der Waals surface area contributed by atoms with Crippen molar-refractivity contribution in [3.05, 3.63) is 47.7 Å². The summed E-state index contributed by atoms with van der Waals surface area (Å²) >= 11 is 0. The van der Waals surface area contributed by atoms with Gasteiger partial charge in [-0.3, -0.25) is 4.79 Å². The Kier molecular flexibility index (Phi) is 4.42. The zero-order valence-electron chi connectivity index (χ0n) is 12.2. The third-order valence-electron chi connectivity index (χ3n) is 3.42. The van der Waals surface area contributed by atoms with Crippen LogP contribution in [-0.2, 0) is 0 Å². The van der Waals surface area contributed by atoms with Crippen LogP contribution in [0.5, 0.6) is 11.6 Å². The minimum Gasteiger partial charge on any atom is -0.437 e. The molecule has 2 rings (SSSR count). The monoisotopic (exact) mass is 285 g/mol. The lowest BCUT2D eigenvalue weighted by Gasteiger charge is -2.11. The molecule has 1 aromatic heterocycles. The second-order valence-corrected chi connectivity index (χ2v) is 4.94. The summed E-state index contributed by atoms with van der Waals surface area (Å²) in [6.45, 7) is 4.32. The van der Waals surface area contributed by atoms with Gasteiger partial charge in [-0.15, -0.1) is 0 Å². The molecule has 2 aromatic rings. The number of carbonyl (C=O) groups excluding carboxylic acids is 1. The topological polar surface area (TPSA) is 91.2 Å². The lowest BCUT2D eigenvalue weighted by Crippen LogP contribution is -2.13. The molecule has 4 N–H and O–H groups in total. The number of hydrogen-bond acceptors (Lipinski definition) is 4. The molecule has 1 unspecified atom stereocenters. The summed E-state index contributed by atoms with van der Waals surface area (Å²) in [6.07, 6.45) is 1.08. The summed E-state index contributed by atoms with van der Waals surface area (Å²) in [4.78, 5) is 15.2. The molecule has 0 bridgehead atoms. The van der Waals surface area contributed by atoms with Crippen LogP contribution >= 0.6 is 0 Å². The Morgan fingerprint density at radius 3 is 2.48 bits per heavy atom. The van der Waals surface area contributed by atoms with Crippen LogP contribution in [0.15, 0.2) is 36.4 Å². The predicted molar refractivity (Wildman–Crippen MR) is 82.4 cm³/mol. The molecule has 5 heteroatoms. The molecule has 1 aromatic carbocycles. The standard InChI is InChI=1S/C16H19N3O2/c1-3-10(2)11-4-6-12(7-5-11)21-16-13(17)8-9-14(19-16)15(18)20/h4-10H,3,17H2,1-2H3,(H2,18,20). The Balaban J connectivity index is 2.22. The Hall–Kier alpha value is -2.56. The summed E-state index contributed by atoms with van der Waals surface area (Å²) in [6, 6.07) is 10.8. The Labute approximate surface area is 123 Å². The Bertz CT molecular complexity index is 638. The van der Waals surface area contributed by atoms with Gasteiger partial charge in [-0.1, -0.05) is 26.0 Å². The van der Waals surface area contributed by atoms with Crippen molar-refractivity contribution in [3.63, 3.8) is 0 Å². The summed E-state index contributed by atoms with van der Waals surface area (Å²) in [5.74, 6) is 0.679. The van der Waals surface area contributed by atoms with E-state index in [0.717, 1.165) is 6.42 Å². The van der Waals surface area contributed by atoms with Crippen LogP contribution < -0.4 is 16.2 Å². The highest BCUT2D eigenvalue weighted by Crippen LogP contribution is 2.27. The fourth-order valence-corrected chi connectivity index (χ4v) is 1.88. The van der Waals surface area contributed by atoms with Gasteiger partial charge in [0.25, 0.3) is 5.91 Å². The number of primary amides is 1. The van der Waals surface area contributed by atoms with Crippen molar-refractivity contribution in [2.45, 2.75) is 26.2 Å². The highest BCUT2D eigenvalue weighted by molar-refractivity contribution is 5.91. The number of benzene rings is 1. The number of amides is 1. The number of aromatic nitrogens is 1. The molecule has 1 amide bonds. The summed E-state index contributed by atoms with van der Waals surface area (Å²) in [5.41, 5.74) is 12.7. The van der Waals surface area contributed by atoms with Crippen molar-refractivity contribution in [1.29, 1.82) is 0 Å². The van der Waals surface area contributed by atoms with Gasteiger partial charge in [0, 0.05) is 0 Å². The van der Waals surface area contributed by atoms with Gasteiger partial charge in [0.15, 0.2) is 0 Å². The minimum absolute atomic E-state index is 0.121. The molecule has 0 aliphatic carbocycles. The number of nitrogens with zero attached hydrogens (tertiary/aromatic N) is 1. The van der Waals surface area contributed by atoms with Crippen molar-refractivity contribution < 1.29 is 9.53 Å². The number of anilines is 1. The largest absolute Gasteiger partial charge is 0.437 e. The zero-order chi connectivity index (χ0) is 15.4. The maximum Gasteiger partial charge on any atom is 0.267 e. The van der Waals surface area contributed by atoms with Gasteiger partial charge in [0.1, 0.15) is 11.4 Å². The van der Waals surface area contributed by atoms with E-state index in [1.54, 1.807) is 6.07 Å². The SMILES string of the molecule is CCC(C)c1ccc(Oc2nc(C(N)=O)ccc2N)cc1. The summed E-state index contributed by atoms with van der Waals surface area (Å²) in [7, 11) is 0. The van der Waals surface area contributed by atoms with Crippen molar-refractivity contribution in [2.24, 2.45) is 5.73 Å². The third kappa shape index (κ3) is 3.51. The fraction of sp³-hybridized carbons (Fsp3) is 0.250. The number of nitrogen functional groups attached to an aromatic ring is 1. The Morgan fingerprint density at radius 1 is 1.24 bits per heavy atom. The van der Waals surface area contributed by atoms with Gasteiger partial charge in [0.2, 0.25) is 5.88 Å². The third-order valence-corrected chi connectivity index (χ3v) is 3.42. The van der Waals surface area contributed by atoms with Gasteiger partial charge in [-0.05, 0) is 42.2 Å². The van der Waals surface area contributed by atoms with Crippen molar-refractivity contribution in [2.75, 3.05) is 5.73 Å². The fourth-order valence-electron chi connectivity index (χ4n) is 1.88. The molecule has 1 heterocycles. The van der Waals surface area contributed by atoms with E-state index in [4.69, 9.17) is 16.2 Å². The molecule has 1 atom stereocenters. The number of nitrogens with two attached hydrogens (primary N) is 2. The van der Waals surface area contributed by atoms with Crippen LogP contribution in [0.25, 0.3) is 0 Å². The zero-order valence-corrected chi connectivity index (χ0v) is 12.2. The molecule has 5 nitrogen and oxygen atoms in total. The summed E-state index contributed by atoms with van der Waals surface area (Å²) in [5, 5.41) is 0. The van der Waals surface area contributed by atoms with Crippen LogP contribution in [0.1, 0.15) is 42.2 Å². The molecule has 0 radical (unpaired) electrons. The normalized spacial score (nSPS) is 11.9. The molecule has 0 saturated heterocycles. The Morgan fingerprint density at radius 2 is 1.90 bits per heavy atom. The molecule has 0 spiro atoms. The molecule has 110 valence electrons. The van der Waals surface area contributed by atoms with E-state index in [0.29, 0.717) is 17.4 Å². The molecule has 0 saturated carbocycles. The van der Waals surface area contributed by atoms with Crippen molar-refractivity contribution in [3.8, 4) is 11.6 Å². The number of pyridine rings is 1. The maximum atomic E-state index is 11.1. The van der Waals surface area contributed by atoms with E-state index < -0.39 is 5.91 Å². The number of hydrogen-bond donors (Lipinski definition) is 2. The van der Waals surface area contributed by atoms with Gasteiger partial charge >= 0.3 is 0 Å². The van der Waals surface area contributed by atoms with Gasteiger partial charge in [-0.2, -0.15) is 0 Å². The van der Waals surface area contributed by atoms with Crippen LogP contribution in [0.4, 0.5) is 5.69 Å². The first-order chi connectivity index (χ1) is 10.0. The predicted octanol–water partition coefficient (Wildman–Crippen LogP) is 3.07. The smallest absolute Gasteiger partial charge is 0.267 e. The minimum atomic E-state index is -0.619. The average molecular weight is 285 g/mol. The van der Waals surface area contributed by atoms with Crippen LogP contribution in [-0.4, -0.2) is 10.9 Å². The molecule has 0 aliphatic rings. The first-order valence-electron chi connectivity index (χ1n) is 6.85. The van der Waals surface area contributed by atoms with E-state index in [9.17, 15) is 4.79 Å². The first kappa shape index (κ1) is 14.8. The van der Waals surface area contributed by atoms with E-state index in [2.05, 4.69) is 18.8 Å². The molecule has 0 fully saturated rings. The first-order valence-corrected chi connectivity index (χ1v) is 6.85. The van der Waals surface area contributed by atoms with Crippen LogP contribution in [0, 0.1) is 0 Å². The molecular formula is C16H19N3O2. The lowest BCUT2D eigenvalue weighted by molar-refractivity contribution is 0.0995. The number of carbonyl (C=O) groups is 1. The highest BCUT2D eigenvalue weighted by Gasteiger charge is 2.10. The average Bonchev–Trinajstić information content (AvgIpc) is 2.49. The van der Waals surface area contributed by atoms with E-state index >= 15 is 0 Å². The van der Waals surface area contributed by atoms with E-state index in [-0.39, 0.29) is 11.6 Å².